The fourth-order valence-corrected chi connectivity index (χ4v) is 0.633. The van der Waals surface area contributed by atoms with Crippen molar-refractivity contribution in [3.8, 4) is 0 Å². The Hall–Kier alpha value is -1.29. The number of urea groups is 1. The van der Waals surface area contributed by atoms with Gasteiger partial charge >= 0.3 is 6.03 Å². The molecule has 0 saturated carbocycles. The average Bonchev–Trinajstić information content (AvgIpc) is 1.87. The number of rotatable bonds is 5. The molecule has 0 rings (SSSR count). The Morgan fingerprint density at radius 2 is 1.91 bits per heavy atom. The fraction of sp³-hybridized carbons (Fsp3) is 0.286. The summed E-state index contributed by atoms with van der Waals surface area (Å²) < 4.78 is 0. The molecule has 4 nitrogen and oxygen atoms in total. The maximum atomic E-state index is 10.4. The van der Waals surface area contributed by atoms with Crippen LogP contribution in [0.3, 0.4) is 0 Å². The highest BCUT2D eigenvalue weighted by atomic mass is 16.2. The average molecular weight is 155 g/mol. The van der Waals surface area contributed by atoms with Gasteiger partial charge in [-0.1, -0.05) is 12.2 Å². The van der Waals surface area contributed by atoms with Gasteiger partial charge in [-0.25, -0.2) is 9.80 Å². The second-order valence-corrected chi connectivity index (χ2v) is 1.96. The van der Waals surface area contributed by atoms with Gasteiger partial charge in [-0.3, -0.25) is 5.43 Å². The number of primary amides is 1. The topological polar surface area (TPSA) is 58.4 Å². The summed E-state index contributed by atoms with van der Waals surface area (Å²) in [6.45, 7) is 8.14. The summed E-state index contributed by atoms with van der Waals surface area (Å²) in [6.07, 6.45) is 3.33. The van der Waals surface area contributed by atoms with Crippen molar-refractivity contribution in [2.45, 2.75) is 0 Å². The molecule has 0 aromatic rings. The molecular formula is C7H13N3O. The normalized spacial score (nSPS) is 9.18. The van der Waals surface area contributed by atoms with Crippen LogP contribution in [0, 0.1) is 0 Å². The van der Waals surface area contributed by atoms with Crippen LogP contribution in [-0.2, 0) is 0 Å². The highest BCUT2D eigenvalue weighted by Gasteiger charge is 2.00. The summed E-state index contributed by atoms with van der Waals surface area (Å²) in [5.41, 5.74) is 7.30. The SMILES string of the molecule is C=CCN(CC=C)NC(N)=O. The van der Waals surface area contributed by atoms with Gasteiger partial charge in [0.1, 0.15) is 0 Å². The van der Waals surface area contributed by atoms with Gasteiger partial charge in [-0.05, 0) is 0 Å². The summed E-state index contributed by atoms with van der Waals surface area (Å²) in [5, 5.41) is 1.60. The number of hydrogen-bond donors (Lipinski definition) is 2. The number of hydrogen-bond acceptors (Lipinski definition) is 2. The molecule has 0 spiro atoms. The molecule has 0 bridgehead atoms. The Kier molecular flexibility index (Phi) is 4.85. The third-order valence-electron chi connectivity index (χ3n) is 0.967. The van der Waals surface area contributed by atoms with E-state index in [1.54, 1.807) is 17.2 Å². The molecule has 0 atom stereocenters. The van der Waals surface area contributed by atoms with E-state index in [0.717, 1.165) is 0 Å². The summed E-state index contributed by atoms with van der Waals surface area (Å²) >= 11 is 0. The van der Waals surface area contributed by atoms with E-state index in [0.29, 0.717) is 13.1 Å². The maximum Gasteiger partial charge on any atom is 0.326 e. The van der Waals surface area contributed by atoms with Crippen molar-refractivity contribution in [1.29, 1.82) is 0 Å². The molecule has 0 heterocycles. The highest BCUT2D eigenvalue weighted by Crippen LogP contribution is 1.82. The second-order valence-electron chi connectivity index (χ2n) is 1.96. The summed E-state index contributed by atoms with van der Waals surface area (Å²) in [5.74, 6) is 0. The van der Waals surface area contributed by atoms with E-state index < -0.39 is 6.03 Å². The lowest BCUT2D eigenvalue weighted by Crippen LogP contribution is -2.45. The zero-order chi connectivity index (χ0) is 8.69. The summed E-state index contributed by atoms with van der Waals surface area (Å²) in [4.78, 5) is 10.4. The first-order chi connectivity index (χ1) is 5.20. The molecule has 3 N–H and O–H groups in total. The minimum atomic E-state index is -0.575. The van der Waals surface area contributed by atoms with Crippen LogP contribution in [-0.4, -0.2) is 24.1 Å². The Labute approximate surface area is 66.3 Å². The third kappa shape index (κ3) is 5.17. The number of carbonyl (C=O) groups excluding carboxylic acids is 1. The lowest BCUT2D eigenvalue weighted by molar-refractivity contribution is 0.204. The van der Waals surface area contributed by atoms with E-state index in [-0.39, 0.29) is 0 Å². The van der Waals surface area contributed by atoms with Crippen LogP contribution in [0.1, 0.15) is 0 Å². The van der Waals surface area contributed by atoms with E-state index in [4.69, 9.17) is 5.73 Å². The molecule has 2 amide bonds. The Morgan fingerprint density at radius 1 is 1.45 bits per heavy atom. The van der Waals surface area contributed by atoms with E-state index in [1.165, 1.54) is 0 Å². The smallest absolute Gasteiger partial charge is 0.326 e. The molecule has 0 radical (unpaired) electrons. The number of nitrogens with zero attached hydrogens (tertiary/aromatic N) is 1. The summed E-state index contributed by atoms with van der Waals surface area (Å²) in [6, 6.07) is -0.575. The largest absolute Gasteiger partial charge is 0.351 e. The Morgan fingerprint density at radius 3 is 2.18 bits per heavy atom. The minimum Gasteiger partial charge on any atom is -0.351 e. The molecule has 0 saturated heterocycles. The molecule has 0 fully saturated rings. The van der Waals surface area contributed by atoms with Crippen molar-refractivity contribution in [3.63, 3.8) is 0 Å². The fourth-order valence-electron chi connectivity index (χ4n) is 0.633. The van der Waals surface area contributed by atoms with Gasteiger partial charge in [0.25, 0.3) is 0 Å². The first-order valence-electron chi connectivity index (χ1n) is 3.23. The monoisotopic (exact) mass is 155 g/mol. The van der Waals surface area contributed by atoms with Gasteiger partial charge < -0.3 is 5.73 Å². The molecule has 0 aromatic heterocycles. The minimum absolute atomic E-state index is 0.551. The molecule has 0 aliphatic rings. The van der Waals surface area contributed by atoms with Gasteiger partial charge in [0, 0.05) is 13.1 Å². The number of nitrogens with one attached hydrogen (secondary N) is 1. The van der Waals surface area contributed by atoms with Gasteiger partial charge in [0.2, 0.25) is 0 Å². The molecule has 4 heteroatoms. The predicted molar refractivity (Wildman–Crippen MR) is 44.7 cm³/mol. The molecule has 62 valence electrons. The predicted octanol–water partition coefficient (Wildman–Crippen LogP) is 0.244. The van der Waals surface area contributed by atoms with Crippen molar-refractivity contribution in [1.82, 2.24) is 10.4 Å². The Bertz CT molecular complexity index is 146. The van der Waals surface area contributed by atoms with E-state index >= 15 is 0 Å². The number of amides is 2. The lowest BCUT2D eigenvalue weighted by atomic mass is 10.5. The van der Waals surface area contributed by atoms with Crippen LogP contribution < -0.4 is 11.2 Å². The molecule has 11 heavy (non-hydrogen) atoms. The lowest BCUT2D eigenvalue weighted by Gasteiger charge is -2.17. The quantitative estimate of drug-likeness (QED) is 0.441. The van der Waals surface area contributed by atoms with Crippen molar-refractivity contribution < 1.29 is 4.79 Å². The Balaban J connectivity index is 3.76. The molecule has 0 aromatic carbocycles. The van der Waals surface area contributed by atoms with Gasteiger partial charge in [0.05, 0.1) is 0 Å². The van der Waals surface area contributed by atoms with Crippen LogP contribution in [0.15, 0.2) is 25.3 Å². The van der Waals surface area contributed by atoms with Gasteiger partial charge in [-0.15, -0.1) is 13.2 Å². The highest BCUT2D eigenvalue weighted by molar-refractivity contribution is 5.70. The van der Waals surface area contributed by atoms with Gasteiger partial charge in [0.15, 0.2) is 0 Å². The third-order valence-corrected chi connectivity index (χ3v) is 0.967. The van der Waals surface area contributed by atoms with Crippen molar-refractivity contribution >= 4 is 6.03 Å². The first-order valence-corrected chi connectivity index (χ1v) is 3.23. The van der Waals surface area contributed by atoms with Crippen LogP contribution in [0.25, 0.3) is 0 Å². The van der Waals surface area contributed by atoms with Crippen molar-refractivity contribution in [2.75, 3.05) is 13.1 Å². The maximum absolute atomic E-state index is 10.4. The van der Waals surface area contributed by atoms with Crippen molar-refractivity contribution in [3.05, 3.63) is 25.3 Å². The molecular weight excluding hydrogens is 142 g/mol. The summed E-state index contributed by atoms with van der Waals surface area (Å²) in [7, 11) is 0. The number of carbonyl (C=O) groups is 1. The molecule has 0 unspecified atom stereocenters. The second kappa shape index (κ2) is 5.49. The van der Waals surface area contributed by atoms with E-state index in [9.17, 15) is 4.79 Å². The number of nitrogens with two attached hydrogens (primary N) is 1. The van der Waals surface area contributed by atoms with E-state index in [1.807, 2.05) is 0 Å². The zero-order valence-corrected chi connectivity index (χ0v) is 6.42. The zero-order valence-electron chi connectivity index (χ0n) is 6.42. The van der Waals surface area contributed by atoms with Crippen LogP contribution >= 0.6 is 0 Å². The van der Waals surface area contributed by atoms with Crippen LogP contribution in [0.2, 0.25) is 0 Å². The van der Waals surface area contributed by atoms with Crippen LogP contribution in [0.4, 0.5) is 4.79 Å². The first kappa shape index (κ1) is 9.71. The van der Waals surface area contributed by atoms with Gasteiger partial charge in [-0.2, -0.15) is 0 Å². The number of hydrazine groups is 1. The van der Waals surface area contributed by atoms with Crippen molar-refractivity contribution in [2.24, 2.45) is 5.73 Å². The standard InChI is InChI=1S/C7H13N3O/c1-3-5-10(6-4-2)9-7(8)11/h3-4H,1-2,5-6H2,(H3,8,9,11). The molecule has 0 aliphatic carbocycles. The molecule has 0 aliphatic heterocycles. The van der Waals surface area contributed by atoms with Crippen LogP contribution in [0.5, 0.6) is 0 Å². The van der Waals surface area contributed by atoms with E-state index in [2.05, 4.69) is 18.6 Å².